The van der Waals surface area contributed by atoms with Crippen LogP contribution in [0, 0.1) is 0 Å². The van der Waals surface area contributed by atoms with Gasteiger partial charge in [0.1, 0.15) is 0 Å². The molecule has 28 heavy (non-hydrogen) atoms. The van der Waals surface area contributed by atoms with E-state index in [1.54, 1.807) is 17.8 Å². The number of thioether (sulfide) groups is 1. The number of rotatable bonds is 14. The van der Waals surface area contributed by atoms with Gasteiger partial charge in [-0.05, 0) is 44.9 Å². The maximum Gasteiger partial charge on any atom is 0.220 e. The van der Waals surface area contributed by atoms with Crippen LogP contribution >= 0.6 is 23.4 Å². The third-order valence-corrected chi connectivity index (χ3v) is 5.63. The van der Waals surface area contributed by atoms with Crippen LogP contribution in [0.25, 0.3) is 0 Å². The van der Waals surface area contributed by atoms with E-state index in [0.717, 1.165) is 48.6 Å². The van der Waals surface area contributed by atoms with Crippen molar-refractivity contribution >= 4 is 36.0 Å². The fourth-order valence-electron chi connectivity index (χ4n) is 2.73. The molecule has 1 aliphatic carbocycles. The van der Waals surface area contributed by atoms with E-state index in [2.05, 4.69) is 35.0 Å². The summed E-state index contributed by atoms with van der Waals surface area (Å²) < 4.78 is 0. The van der Waals surface area contributed by atoms with Gasteiger partial charge in [-0.3, -0.25) is 9.79 Å². The molecule has 0 radical (unpaired) electrons. The van der Waals surface area contributed by atoms with E-state index in [9.17, 15) is 4.79 Å². The van der Waals surface area contributed by atoms with Gasteiger partial charge in [0.2, 0.25) is 5.91 Å². The Hall–Kier alpha value is -1.56. The number of aliphatic imine (C=N–C) groups is 1. The summed E-state index contributed by atoms with van der Waals surface area (Å²) in [6.45, 7) is 8.01. The molecule has 0 aliphatic heterocycles. The van der Waals surface area contributed by atoms with Gasteiger partial charge >= 0.3 is 0 Å². The molecule has 2 atom stereocenters. The number of likely N-dealkylation sites (N-methyl/N-ethyl adjacent to an activating group) is 1. The Morgan fingerprint density at radius 3 is 3.00 bits per heavy atom. The second kappa shape index (κ2) is 15.4. The molecule has 0 aromatic carbocycles. The minimum atomic E-state index is 0.0138. The highest BCUT2D eigenvalue weighted by Gasteiger charge is 2.15. The van der Waals surface area contributed by atoms with Crippen molar-refractivity contribution in [3.05, 3.63) is 59.7 Å². The molecule has 4 nitrogen and oxygen atoms in total. The number of nitrogens with zero attached hydrogens (tertiary/aromatic N) is 1. The third-order valence-electron chi connectivity index (χ3n) is 4.12. The van der Waals surface area contributed by atoms with Gasteiger partial charge in [-0.25, -0.2) is 0 Å². The molecule has 6 heteroatoms. The van der Waals surface area contributed by atoms with Gasteiger partial charge in [0.25, 0.3) is 0 Å². The first-order valence-electron chi connectivity index (χ1n) is 9.63. The highest BCUT2D eigenvalue weighted by molar-refractivity contribution is 8.03. The maximum atomic E-state index is 12.3. The first kappa shape index (κ1) is 24.5. The highest BCUT2D eigenvalue weighted by Crippen LogP contribution is 2.32. The van der Waals surface area contributed by atoms with Gasteiger partial charge in [-0.1, -0.05) is 43.0 Å². The van der Waals surface area contributed by atoms with Crippen LogP contribution in [0.5, 0.6) is 0 Å². The first-order valence-corrected chi connectivity index (χ1v) is 11.1. The molecule has 154 valence electrons. The van der Waals surface area contributed by atoms with E-state index in [-0.39, 0.29) is 17.3 Å². The number of carbonyl (C=O) groups is 1. The number of alkyl halides is 1. The third kappa shape index (κ3) is 10.7. The predicted molar refractivity (Wildman–Crippen MR) is 125 cm³/mol. The van der Waals surface area contributed by atoms with Crippen molar-refractivity contribution < 1.29 is 4.79 Å². The van der Waals surface area contributed by atoms with Crippen molar-refractivity contribution in [2.45, 2.75) is 43.5 Å². The number of hydrogen-bond donors (Lipinski definition) is 2. The lowest BCUT2D eigenvalue weighted by Gasteiger charge is -2.18. The second-order valence-corrected chi connectivity index (χ2v) is 8.20. The average molecular weight is 422 g/mol. The van der Waals surface area contributed by atoms with Gasteiger partial charge in [0.15, 0.2) is 0 Å². The summed E-state index contributed by atoms with van der Waals surface area (Å²) in [7, 11) is 1.90. The van der Waals surface area contributed by atoms with Crippen molar-refractivity contribution in [3.8, 4) is 0 Å². The second-order valence-electron chi connectivity index (χ2n) is 6.45. The highest BCUT2D eigenvalue weighted by atomic mass is 35.5. The number of nitrogens with one attached hydrogen (secondary N) is 2. The van der Waals surface area contributed by atoms with Crippen LogP contribution in [-0.4, -0.2) is 43.4 Å². The molecule has 0 saturated carbocycles. The molecule has 0 saturated heterocycles. The van der Waals surface area contributed by atoms with Crippen molar-refractivity contribution in [3.63, 3.8) is 0 Å². The number of halogens is 1. The minimum absolute atomic E-state index is 0.0138. The molecule has 2 N–H and O–H groups in total. The van der Waals surface area contributed by atoms with Gasteiger partial charge in [0.05, 0.1) is 11.1 Å². The lowest BCUT2D eigenvalue weighted by molar-refractivity contribution is -0.121. The smallest absolute Gasteiger partial charge is 0.220 e. The molecular weight excluding hydrogens is 390 g/mol. The number of hydrogen-bond acceptors (Lipinski definition) is 4. The Morgan fingerprint density at radius 1 is 1.46 bits per heavy atom. The fraction of sp³-hybridized carbons (Fsp3) is 0.455. The van der Waals surface area contributed by atoms with Crippen molar-refractivity contribution in [2.75, 3.05) is 19.3 Å². The van der Waals surface area contributed by atoms with E-state index >= 15 is 0 Å². The quantitative estimate of drug-likeness (QED) is 0.184. The van der Waals surface area contributed by atoms with Crippen LogP contribution in [0.3, 0.4) is 0 Å². The lowest BCUT2D eigenvalue weighted by Crippen LogP contribution is -2.41. The average Bonchev–Trinajstić information content (AvgIpc) is 2.68. The van der Waals surface area contributed by atoms with Crippen molar-refractivity contribution in [1.82, 2.24) is 10.6 Å². The van der Waals surface area contributed by atoms with E-state index in [0.29, 0.717) is 6.42 Å². The van der Waals surface area contributed by atoms with Crippen molar-refractivity contribution in [2.24, 2.45) is 4.99 Å². The predicted octanol–water partition coefficient (Wildman–Crippen LogP) is 4.76. The molecule has 2 unspecified atom stereocenters. The zero-order valence-electron chi connectivity index (χ0n) is 16.7. The van der Waals surface area contributed by atoms with Crippen LogP contribution in [0.1, 0.15) is 32.1 Å². The Morgan fingerprint density at radius 2 is 2.29 bits per heavy atom. The summed E-state index contributed by atoms with van der Waals surface area (Å²) in [5.41, 5.74) is 0.899. The van der Waals surface area contributed by atoms with E-state index in [4.69, 9.17) is 11.6 Å². The zero-order valence-corrected chi connectivity index (χ0v) is 18.3. The number of allylic oxidation sites excluding steroid dienone is 8. The largest absolute Gasteiger partial charge is 0.352 e. The fourth-order valence-corrected chi connectivity index (χ4v) is 4.16. The molecule has 0 aromatic rings. The maximum absolute atomic E-state index is 12.3. The van der Waals surface area contributed by atoms with Gasteiger partial charge < -0.3 is 10.6 Å². The Kier molecular flexibility index (Phi) is 13.4. The standard InChI is InChI=1S/C22H32ClN3OS/c1-4-5-6-7-8-9-11-19(17-24-2)26-22(27)12-10-15-28-21-16-18(23)13-14-20(21)25-3/h4-8,13-14,18-19,24H,1,3,9-12,15-17H2,2H3,(H,26,27)/b6-5-,8-7-. The molecule has 0 aromatic heterocycles. The van der Waals surface area contributed by atoms with Gasteiger partial charge in [0, 0.05) is 30.3 Å². The van der Waals surface area contributed by atoms with E-state index < -0.39 is 0 Å². The Balaban J connectivity index is 2.32. The van der Waals surface area contributed by atoms with Crippen LogP contribution in [0.2, 0.25) is 0 Å². The molecule has 0 spiro atoms. The molecule has 1 aliphatic rings. The van der Waals surface area contributed by atoms with Crippen LogP contribution in [-0.2, 0) is 4.79 Å². The normalized spacial score (nSPS) is 18.0. The molecule has 1 amide bonds. The summed E-state index contributed by atoms with van der Waals surface area (Å²) in [4.78, 5) is 17.5. The van der Waals surface area contributed by atoms with Gasteiger partial charge in [-0.2, -0.15) is 0 Å². The number of amides is 1. The van der Waals surface area contributed by atoms with Crippen LogP contribution in [0.15, 0.2) is 64.7 Å². The van der Waals surface area contributed by atoms with Crippen molar-refractivity contribution in [1.29, 1.82) is 0 Å². The SMILES string of the molecule is C=C/C=C\C=C/CCC(CNC)NC(=O)CCCSC1=C(N=C)C=CC(Cl)C1. The molecule has 1 rings (SSSR count). The molecular formula is C22H32ClN3OS. The topological polar surface area (TPSA) is 53.5 Å². The van der Waals surface area contributed by atoms with E-state index in [1.165, 1.54) is 0 Å². The molecule has 0 fully saturated rings. The monoisotopic (exact) mass is 421 g/mol. The van der Waals surface area contributed by atoms with Crippen LogP contribution in [0.4, 0.5) is 0 Å². The summed E-state index contributed by atoms with van der Waals surface area (Å²) in [5, 5.41) is 6.30. The summed E-state index contributed by atoms with van der Waals surface area (Å²) in [5.74, 6) is 0.972. The van der Waals surface area contributed by atoms with Crippen LogP contribution < -0.4 is 10.6 Å². The summed E-state index contributed by atoms with van der Waals surface area (Å²) >= 11 is 7.91. The Labute approximate surface area is 179 Å². The summed E-state index contributed by atoms with van der Waals surface area (Å²) in [6.07, 6.45) is 17.5. The van der Waals surface area contributed by atoms with E-state index in [1.807, 2.05) is 37.4 Å². The zero-order chi connectivity index (χ0) is 20.6. The lowest BCUT2D eigenvalue weighted by atomic mass is 10.1. The first-order chi connectivity index (χ1) is 13.6. The Bertz CT molecular complexity index is 625. The molecule has 0 bridgehead atoms. The minimum Gasteiger partial charge on any atom is -0.352 e. The van der Waals surface area contributed by atoms with Gasteiger partial charge in [-0.15, -0.1) is 23.4 Å². The molecule has 0 heterocycles. The number of carbonyl (C=O) groups excluding carboxylic acids is 1. The summed E-state index contributed by atoms with van der Waals surface area (Å²) in [6, 6.07) is 0.137.